The first kappa shape index (κ1) is 12.4. The van der Waals surface area contributed by atoms with Crippen LogP contribution in [-0.2, 0) is 13.6 Å². The average Bonchev–Trinajstić information content (AvgIpc) is 2.72. The second-order valence-corrected chi connectivity index (χ2v) is 4.27. The molecule has 5 nitrogen and oxygen atoms in total. The molecule has 0 spiro atoms. The lowest BCUT2D eigenvalue weighted by Gasteiger charge is -2.16. The van der Waals surface area contributed by atoms with Crippen molar-refractivity contribution in [3.8, 4) is 11.5 Å². The van der Waals surface area contributed by atoms with Gasteiger partial charge in [0.1, 0.15) is 17.3 Å². The van der Waals surface area contributed by atoms with Gasteiger partial charge in [-0.15, -0.1) is 0 Å². The average molecular weight is 247 g/mol. The van der Waals surface area contributed by atoms with Crippen LogP contribution in [0.25, 0.3) is 0 Å². The summed E-state index contributed by atoms with van der Waals surface area (Å²) in [5, 5.41) is 22.7. The third-order valence-electron chi connectivity index (χ3n) is 2.98. The molecule has 1 aromatic heterocycles. The van der Waals surface area contributed by atoms with Crippen molar-refractivity contribution in [2.45, 2.75) is 19.5 Å². The van der Waals surface area contributed by atoms with Gasteiger partial charge in [-0.3, -0.25) is 0 Å². The molecular formula is C13H17N3O2. The Hall–Kier alpha value is -2.01. The van der Waals surface area contributed by atoms with E-state index in [1.807, 2.05) is 24.7 Å². The monoisotopic (exact) mass is 247 g/mol. The molecule has 0 saturated heterocycles. The Bertz CT molecular complexity index is 517. The van der Waals surface area contributed by atoms with E-state index < -0.39 is 0 Å². The highest BCUT2D eigenvalue weighted by atomic mass is 16.3. The number of benzene rings is 1. The standard InChI is InChI=1S/C13H17N3O2/c1-9(13-10(17)4-3-5-11(13)18)15-8-12-14-6-7-16(12)2/h3-7,9,15,17-18H,8H2,1-2H3. The van der Waals surface area contributed by atoms with Gasteiger partial charge < -0.3 is 20.1 Å². The van der Waals surface area contributed by atoms with E-state index in [0.717, 1.165) is 5.82 Å². The fourth-order valence-corrected chi connectivity index (χ4v) is 1.90. The van der Waals surface area contributed by atoms with Crippen LogP contribution in [0.3, 0.4) is 0 Å². The third-order valence-corrected chi connectivity index (χ3v) is 2.98. The number of aromatic nitrogens is 2. The van der Waals surface area contributed by atoms with Crippen molar-refractivity contribution in [2.24, 2.45) is 7.05 Å². The zero-order chi connectivity index (χ0) is 13.1. The summed E-state index contributed by atoms with van der Waals surface area (Å²) in [7, 11) is 1.92. The summed E-state index contributed by atoms with van der Waals surface area (Å²) in [5.41, 5.74) is 0.506. The van der Waals surface area contributed by atoms with E-state index in [1.54, 1.807) is 24.4 Å². The number of hydrogen-bond acceptors (Lipinski definition) is 4. The normalized spacial score (nSPS) is 12.6. The van der Waals surface area contributed by atoms with E-state index in [4.69, 9.17) is 0 Å². The SMILES string of the molecule is CC(NCc1nccn1C)c1c(O)cccc1O. The topological polar surface area (TPSA) is 70.3 Å². The van der Waals surface area contributed by atoms with E-state index in [0.29, 0.717) is 12.1 Å². The van der Waals surface area contributed by atoms with Crippen LogP contribution < -0.4 is 5.32 Å². The van der Waals surface area contributed by atoms with Crippen molar-refractivity contribution >= 4 is 0 Å². The number of hydrogen-bond donors (Lipinski definition) is 3. The van der Waals surface area contributed by atoms with Gasteiger partial charge in [-0.2, -0.15) is 0 Å². The summed E-state index contributed by atoms with van der Waals surface area (Å²) in [6, 6.07) is 4.57. The van der Waals surface area contributed by atoms with E-state index in [2.05, 4.69) is 10.3 Å². The second kappa shape index (κ2) is 5.10. The van der Waals surface area contributed by atoms with E-state index in [1.165, 1.54) is 0 Å². The number of aromatic hydroxyl groups is 2. The van der Waals surface area contributed by atoms with E-state index in [-0.39, 0.29) is 17.5 Å². The van der Waals surface area contributed by atoms with Crippen molar-refractivity contribution in [2.75, 3.05) is 0 Å². The number of imidazole rings is 1. The molecule has 0 aliphatic heterocycles. The lowest BCUT2D eigenvalue weighted by Crippen LogP contribution is -2.20. The lowest BCUT2D eigenvalue weighted by molar-refractivity contribution is 0.416. The third kappa shape index (κ3) is 2.46. The maximum Gasteiger partial charge on any atom is 0.124 e. The van der Waals surface area contributed by atoms with Gasteiger partial charge in [0.05, 0.1) is 12.1 Å². The van der Waals surface area contributed by atoms with Gasteiger partial charge in [-0.1, -0.05) is 6.07 Å². The molecule has 0 fully saturated rings. The summed E-state index contributed by atoms with van der Waals surface area (Å²) < 4.78 is 1.92. The predicted molar refractivity (Wildman–Crippen MR) is 68.2 cm³/mol. The molecule has 0 radical (unpaired) electrons. The summed E-state index contributed by atoms with van der Waals surface area (Å²) in [5.74, 6) is 1.08. The Balaban J connectivity index is 2.08. The zero-order valence-corrected chi connectivity index (χ0v) is 10.5. The van der Waals surface area contributed by atoms with E-state index >= 15 is 0 Å². The Morgan fingerprint density at radius 1 is 1.33 bits per heavy atom. The van der Waals surface area contributed by atoms with Crippen LogP contribution in [0.5, 0.6) is 11.5 Å². The fraction of sp³-hybridized carbons (Fsp3) is 0.308. The van der Waals surface area contributed by atoms with Crippen LogP contribution in [0.15, 0.2) is 30.6 Å². The molecule has 2 aromatic rings. The van der Waals surface area contributed by atoms with Crippen molar-refractivity contribution in [3.63, 3.8) is 0 Å². The molecule has 0 amide bonds. The Morgan fingerprint density at radius 3 is 2.56 bits per heavy atom. The van der Waals surface area contributed by atoms with Crippen LogP contribution in [0.4, 0.5) is 0 Å². The van der Waals surface area contributed by atoms with Gasteiger partial charge in [0, 0.05) is 25.5 Å². The minimum Gasteiger partial charge on any atom is -0.507 e. The number of phenolic OH excluding ortho intramolecular Hbond substituents is 2. The van der Waals surface area contributed by atoms with Crippen molar-refractivity contribution in [3.05, 3.63) is 42.0 Å². The molecule has 18 heavy (non-hydrogen) atoms. The lowest BCUT2D eigenvalue weighted by atomic mass is 10.1. The molecule has 1 aromatic carbocycles. The Kier molecular flexibility index (Phi) is 3.53. The van der Waals surface area contributed by atoms with Gasteiger partial charge in [0.25, 0.3) is 0 Å². The highest BCUT2D eigenvalue weighted by Crippen LogP contribution is 2.32. The van der Waals surface area contributed by atoms with Crippen molar-refractivity contribution in [1.29, 1.82) is 0 Å². The van der Waals surface area contributed by atoms with Gasteiger partial charge in [0.2, 0.25) is 0 Å². The predicted octanol–water partition coefficient (Wildman–Crippen LogP) is 1.68. The maximum atomic E-state index is 9.75. The summed E-state index contributed by atoms with van der Waals surface area (Å²) in [4.78, 5) is 4.20. The molecule has 5 heteroatoms. The highest BCUT2D eigenvalue weighted by molar-refractivity contribution is 5.44. The smallest absolute Gasteiger partial charge is 0.124 e. The number of aryl methyl sites for hydroxylation is 1. The first-order chi connectivity index (χ1) is 8.59. The van der Waals surface area contributed by atoms with Crippen molar-refractivity contribution in [1.82, 2.24) is 14.9 Å². The van der Waals surface area contributed by atoms with Crippen LogP contribution in [0, 0.1) is 0 Å². The molecule has 96 valence electrons. The molecule has 1 heterocycles. The van der Waals surface area contributed by atoms with Crippen LogP contribution >= 0.6 is 0 Å². The minimum absolute atomic E-state index is 0.0924. The van der Waals surface area contributed by atoms with Gasteiger partial charge >= 0.3 is 0 Å². The molecule has 0 saturated carbocycles. The van der Waals surface area contributed by atoms with Crippen LogP contribution in [0.2, 0.25) is 0 Å². The molecule has 0 aliphatic rings. The zero-order valence-electron chi connectivity index (χ0n) is 10.5. The van der Waals surface area contributed by atoms with Crippen LogP contribution in [0.1, 0.15) is 24.4 Å². The summed E-state index contributed by atoms with van der Waals surface area (Å²) in [6.07, 6.45) is 3.61. The maximum absolute atomic E-state index is 9.75. The number of nitrogens with zero attached hydrogens (tertiary/aromatic N) is 2. The molecule has 2 rings (SSSR count). The molecule has 3 N–H and O–H groups in total. The molecule has 0 aliphatic carbocycles. The summed E-state index contributed by atoms with van der Waals surface area (Å²) >= 11 is 0. The Labute approximate surface area is 106 Å². The van der Waals surface area contributed by atoms with Gasteiger partial charge in [-0.05, 0) is 19.1 Å². The van der Waals surface area contributed by atoms with E-state index in [9.17, 15) is 10.2 Å². The first-order valence-corrected chi connectivity index (χ1v) is 5.80. The molecule has 0 bridgehead atoms. The molecule has 1 atom stereocenters. The summed E-state index contributed by atoms with van der Waals surface area (Å²) in [6.45, 7) is 2.45. The fourth-order valence-electron chi connectivity index (χ4n) is 1.90. The minimum atomic E-state index is -0.164. The number of phenols is 2. The van der Waals surface area contributed by atoms with Gasteiger partial charge in [0.15, 0.2) is 0 Å². The molecule has 1 unspecified atom stereocenters. The molecular weight excluding hydrogens is 230 g/mol. The van der Waals surface area contributed by atoms with Crippen LogP contribution in [-0.4, -0.2) is 19.8 Å². The largest absolute Gasteiger partial charge is 0.507 e. The number of rotatable bonds is 4. The van der Waals surface area contributed by atoms with Crippen molar-refractivity contribution < 1.29 is 10.2 Å². The highest BCUT2D eigenvalue weighted by Gasteiger charge is 2.14. The second-order valence-electron chi connectivity index (χ2n) is 4.27. The first-order valence-electron chi connectivity index (χ1n) is 5.80. The van der Waals surface area contributed by atoms with Gasteiger partial charge in [-0.25, -0.2) is 4.98 Å². The number of nitrogens with one attached hydrogen (secondary N) is 1. The quantitative estimate of drug-likeness (QED) is 0.768. The Morgan fingerprint density at radius 2 is 2.00 bits per heavy atom.